The Hall–Kier alpha value is -1.30. The van der Waals surface area contributed by atoms with Gasteiger partial charge in [0.25, 0.3) is 0 Å². The number of carboxylic acids is 1. The minimum Gasteiger partial charge on any atom is -0.480 e. The number of aliphatic hydroxyl groups is 1. The molecule has 0 bridgehead atoms. The lowest BCUT2D eigenvalue weighted by molar-refractivity contribution is -0.141. The van der Waals surface area contributed by atoms with Crippen LogP contribution in [0.1, 0.15) is 38.5 Å². The number of carbonyl (C=O) groups excluding carboxylic acids is 1. The molecule has 0 aromatic carbocycles. The van der Waals surface area contributed by atoms with Crippen LogP contribution < -0.4 is 5.32 Å². The van der Waals surface area contributed by atoms with E-state index in [-0.39, 0.29) is 25.0 Å². The van der Waals surface area contributed by atoms with Crippen LogP contribution in [0.2, 0.25) is 0 Å². The maximum absolute atomic E-state index is 12.0. The van der Waals surface area contributed by atoms with Crippen LogP contribution in [0, 0.1) is 0 Å². The number of carbonyl (C=O) groups is 2. The molecular formula is C12H20N2O4. The Bertz CT molecular complexity index is 328. The highest BCUT2D eigenvalue weighted by Gasteiger charge is 2.39. The number of urea groups is 1. The van der Waals surface area contributed by atoms with E-state index in [1.54, 1.807) is 0 Å². The van der Waals surface area contributed by atoms with Gasteiger partial charge in [0, 0.05) is 19.0 Å². The zero-order chi connectivity index (χ0) is 13.1. The molecule has 1 saturated carbocycles. The molecular weight excluding hydrogens is 236 g/mol. The van der Waals surface area contributed by atoms with E-state index in [9.17, 15) is 14.7 Å². The summed E-state index contributed by atoms with van der Waals surface area (Å²) in [5, 5.41) is 21.4. The summed E-state index contributed by atoms with van der Waals surface area (Å²) in [6.45, 7) is 0.107. The Balaban J connectivity index is 1.92. The van der Waals surface area contributed by atoms with Crippen LogP contribution in [-0.4, -0.2) is 51.8 Å². The van der Waals surface area contributed by atoms with Gasteiger partial charge < -0.3 is 20.4 Å². The fourth-order valence-corrected chi connectivity index (χ4v) is 2.78. The summed E-state index contributed by atoms with van der Waals surface area (Å²) in [7, 11) is 0. The number of nitrogens with one attached hydrogen (secondary N) is 1. The van der Waals surface area contributed by atoms with Crippen LogP contribution in [0.4, 0.5) is 4.79 Å². The number of aliphatic hydroxyl groups excluding tert-OH is 1. The molecule has 6 heteroatoms. The van der Waals surface area contributed by atoms with Gasteiger partial charge in [-0.3, -0.25) is 0 Å². The van der Waals surface area contributed by atoms with Crippen LogP contribution in [0.5, 0.6) is 0 Å². The van der Waals surface area contributed by atoms with E-state index in [1.165, 1.54) is 11.3 Å². The van der Waals surface area contributed by atoms with E-state index in [2.05, 4.69) is 5.32 Å². The highest BCUT2D eigenvalue weighted by Crippen LogP contribution is 2.21. The van der Waals surface area contributed by atoms with Crippen LogP contribution in [-0.2, 0) is 4.79 Å². The Morgan fingerprint density at radius 3 is 2.44 bits per heavy atom. The van der Waals surface area contributed by atoms with Crippen molar-refractivity contribution in [3.63, 3.8) is 0 Å². The minimum absolute atomic E-state index is 0.107. The molecule has 2 aliphatic rings. The fraction of sp³-hybridized carbons (Fsp3) is 0.833. The number of β-amino-alcohol motifs (C(OH)–C–C–N with tert-alkyl or cyclic N) is 1. The van der Waals surface area contributed by atoms with E-state index in [0.717, 1.165) is 25.7 Å². The second kappa shape index (κ2) is 5.56. The van der Waals surface area contributed by atoms with E-state index < -0.39 is 18.1 Å². The largest absolute Gasteiger partial charge is 0.480 e. The van der Waals surface area contributed by atoms with Crippen molar-refractivity contribution >= 4 is 12.0 Å². The van der Waals surface area contributed by atoms with E-state index in [1.807, 2.05) is 0 Å². The number of likely N-dealkylation sites (tertiary alicyclic amines) is 1. The molecule has 1 heterocycles. The first-order valence-corrected chi connectivity index (χ1v) is 6.56. The average Bonchev–Trinajstić information content (AvgIpc) is 2.73. The molecule has 18 heavy (non-hydrogen) atoms. The van der Waals surface area contributed by atoms with Crippen LogP contribution in [0.25, 0.3) is 0 Å². The molecule has 2 fully saturated rings. The maximum Gasteiger partial charge on any atom is 0.326 e. The summed E-state index contributed by atoms with van der Waals surface area (Å²) in [6.07, 6.45) is 4.72. The monoisotopic (exact) mass is 256 g/mol. The van der Waals surface area contributed by atoms with Crippen molar-refractivity contribution in [2.75, 3.05) is 6.54 Å². The topological polar surface area (TPSA) is 89.9 Å². The second-order valence-corrected chi connectivity index (χ2v) is 5.18. The van der Waals surface area contributed by atoms with Gasteiger partial charge in [0.1, 0.15) is 6.04 Å². The average molecular weight is 256 g/mol. The summed E-state index contributed by atoms with van der Waals surface area (Å²) >= 11 is 0. The number of hydrogen-bond donors (Lipinski definition) is 3. The Labute approximate surface area is 106 Å². The van der Waals surface area contributed by atoms with Crippen molar-refractivity contribution in [2.45, 2.75) is 56.7 Å². The molecule has 2 rings (SSSR count). The first-order chi connectivity index (χ1) is 8.58. The van der Waals surface area contributed by atoms with Gasteiger partial charge >= 0.3 is 12.0 Å². The number of amides is 2. The van der Waals surface area contributed by atoms with Crippen molar-refractivity contribution in [1.29, 1.82) is 0 Å². The van der Waals surface area contributed by atoms with Crippen LogP contribution >= 0.6 is 0 Å². The number of nitrogens with zero attached hydrogens (tertiary/aromatic N) is 1. The van der Waals surface area contributed by atoms with Gasteiger partial charge in [0.05, 0.1) is 6.10 Å². The van der Waals surface area contributed by atoms with E-state index >= 15 is 0 Å². The number of carboxylic acid groups (broad SMARTS) is 1. The van der Waals surface area contributed by atoms with Gasteiger partial charge in [-0.1, -0.05) is 19.3 Å². The normalized spacial score (nSPS) is 29.3. The lowest BCUT2D eigenvalue weighted by Crippen LogP contribution is -2.49. The Morgan fingerprint density at radius 2 is 1.83 bits per heavy atom. The quantitative estimate of drug-likeness (QED) is 0.673. The predicted molar refractivity (Wildman–Crippen MR) is 64.2 cm³/mol. The number of hydrogen-bond acceptors (Lipinski definition) is 3. The molecule has 1 saturated heterocycles. The minimum atomic E-state index is -1.05. The highest BCUT2D eigenvalue weighted by molar-refractivity contribution is 5.83. The molecule has 3 N–H and O–H groups in total. The third-order valence-electron chi connectivity index (χ3n) is 3.76. The molecule has 0 aromatic rings. The third-order valence-corrected chi connectivity index (χ3v) is 3.76. The zero-order valence-corrected chi connectivity index (χ0v) is 10.3. The predicted octanol–water partition coefficient (Wildman–Crippen LogP) is 0.548. The summed E-state index contributed by atoms with van der Waals surface area (Å²) < 4.78 is 0. The molecule has 2 amide bonds. The highest BCUT2D eigenvalue weighted by atomic mass is 16.4. The number of rotatable bonds is 2. The van der Waals surface area contributed by atoms with Gasteiger partial charge in [-0.2, -0.15) is 0 Å². The zero-order valence-electron chi connectivity index (χ0n) is 10.3. The summed E-state index contributed by atoms with van der Waals surface area (Å²) in [4.78, 5) is 24.3. The van der Waals surface area contributed by atoms with Crippen molar-refractivity contribution in [2.24, 2.45) is 0 Å². The van der Waals surface area contributed by atoms with Crippen molar-refractivity contribution in [3.05, 3.63) is 0 Å². The van der Waals surface area contributed by atoms with Crippen molar-refractivity contribution in [3.8, 4) is 0 Å². The summed E-state index contributed by atoms with van der Waals surface area (Å²) in [6, 6.07) is -1.10. The molecule has 6 nitrogen and oxygen atoms in total. The van der Waals surface area contributed by atoms with Gasteiger partial charge in [0.15, 0.2) is 0 Å². The smallest absolute Gasteiger partial charge is 0.326 e. The maximum atomic E-state index is 12.0. The molecule has 0 unspecified atom stereocenters. The molecule has 102 valence electrons. The van der Waals surface area contributed by atoms with Gasteiger partial charge in [-0.25, -0.2) is 9.59 Å². The standard InChI is InChI=1S/C12H20N2O4/c15-9-6-10(11(16)17)14(7-9)12(18)13-8-4-2-1-3-5-8/h8-10,15H,1-7H2,(H,13,18)(H,16,17)/t9-,10-/m1/s1. The molecule has 0 aromatic heterocycles. The van der Waals surface area contributed by atoms with Crippen molar-refractivity contribution in [1.82, 2.24) is 10.2 Å². The molecule has 1 aliphatic carbocycles. The van der Waals surface area contributed by atoms with Gasteiger partial charge in [-0.05, 0) is 12.8 Å². The fourth-order valence-electron chi connectivity index (χ4n) is 2.78. The van der Waals surface area contributed by atoms with Gasteiger partial charge in [-0.15, -0.1) is 0 Å². The van der Waals surface area contributed by atoms with E-state index in [4.69, 9.17) is 5.11 Å². The first kappa shape index (κ1) is 13.1. The summed E-state index contributed by atoms with van der Waals surface area (Å²) in [5.74, 6) is -1.05. The molecule has 0 radical (unpaired) electrons. The third kappa shape index (κ3) is 2.93. The number of aliphatic carboxylic acids is 1. The Kier molecular flexibility index (Phi) is 4.06. The molecule has 2 atom stereocenters. The lowest BCUT2D eigenvalue weighted by Gasteiger charge is -2.27. The Morgan fingerprint density at radius 1 is 1.17 bits per heavy atom. The van der Waals surface area contributed by atoms with E-state index in [0.29, 0.717) is 0 Å². The SMILES string of the molecule is O=C(O)[C@H]1C[C@@H](O)CN1C(=O)NC1CCCCC1. The first-order valence-electron chi connectivity index (χ1n) is 6.56. The van der Waals surface area contributed by atoms with Gasteiger partial charge in [0.2, 0.25) is 0 Å². The van der Waals surface area contributed by atoms with Crippen LogP contribution in [0.15, 0.2) is 0 Å². The molecule has 0 spiro atoms. The lowest BCUT2D eigenvalue weighted by atomic mass is 9.96. The van der Waals surface area contributed by atoms with Crippen LogP contribution in [0.3, 0.4) is 0 Å². The summed E-state index contributed by atoms with van der Waals surface area (Å²) in [5.41, 5.74) is 0. The second-order valence-electron chi connectivity index (χ2n) is 5.18. The van der Waals surface area contributed by atoms with Crippen molar-refractivity contribution < 1.29 is 19.8 Å². The molecule has 1 aliphatic heterocycles.